The predicted molar refractivity (Wildman–Crippen MR) is 74.2 cm³/mol. The minimum atomic E-state index is -0.00194. The van der Waals surface area contributed by atoms with Gasteiger partial charge in [0.05, 0.1) is 6.54 Å². The molecule has 0 spiro atoms. The van der Waals surface area contributed by atoms with Crippen molar-refractivity contribution in [3.05, 3.63) is 66.0 Å². The Morgan fingerprint density at radius 3 is 2.37 bits per heavy atom. The summed E-state index contributed by atoms with van der Waals surface area (Å²) in [5.74, 6) is -0.00194. The zero-order valence-electron chi connectivity index (χ0n) is 10.7. The summed E-state index contributed by atoms with van der Waals surface area (Å²) >= 11 is 0. The van der Waals surface area contributed by atoms with Crippen LogP contribution >= 0.6 is 0 Å². The third kappa shape index (κ3) is 4.89. The summed E-state index contributed by atoms with van der Waals surface area (Å²) in [5.41, 5.74) is 2.22. The second-order valence-corrected chi connectivity index (χ2v) is 4.22. The third-order valence-electron chi connectivity index (χ3n) is 2.70. The first kappa shape index (κ1) is 13.2. The summed E-state index contributed by atoms with van der Waals surface area (Å²) in [4.78, 5) is 15.6. The molecule has 98 valence electrons. The van der Waals surface area contributed by atoms with Gasteiger partial charge in [-0.2, -0.15) is 0 Å². The van der Waals surface area contributed by atoms with Crippen molar-refractivity contribution in [2.75, 3.05) is 6.54 Å². The molecule has 2 N–H and O–H groups in total. The smallest absolute Gasteiger partial charge is 0.234 e. The van der Waals surface area contributed by atoms with Crippen LogP contribution in [0.4, 0.5) is 0 Å². The highest BCUT2D eigenvalue weighted by Crippen LogP contribution is 1.97. The van der Waals surface area contributed by atoms with E-state index in [0.717, 1.165) is 11.1 Å². The Hall–Kier alpha value is -2.20. The molecule has 0 unspecified atom stereocenters. The first-order chi connectivity index (χ1) is 9.34. The molecule has 0 radical (unpaired) electrons. The van der Waals surface area contributed by atoms with Crippen LogP contribution in [0.3, 0.4) is 0 Å². The maximum Gasteiger partial charge on any atom is 0.234 e. The zero-order chi connectivity index (χ0) is 13.3. The van der Waals surface area contributed by atoms with Gasteiger partial charge in [-0.25, -0.2) is 0 Å². The molecular weight excluding hydrogens is 238 g/mol. The SMILES string of the molecule is O=C(CNCc1ccncc1)NCc1ccccc1. The molecule has 1 heterocycles. The molecule has 1 aromatic carbocycles. The average molecular weight is 255 g/mol. The Morgan fingerprint density at radius 1 is 0.947 bits per heavy atom. The van der Waals surface area contributed by atoms with Gasteiger partial charge in [-0.05, 0) is 23.3 Å². The van der Waals surface area contributed by atoms with Crippen molar-refractivity contribution >= 4 is 5.91 Å². The number of pyridine rings is 1. The Morgan fingerprint density at radius 2 is 1.63 bits per heavy atom. The minimum absolute atomic E-state index is 0.00194. The fourth-order valence-electron chi connectivity index (χ4n) is 1.68. The van der Waals surface area contributed by atoms with Crippen LogP contribution in [0.5, 0.6) is 0 Å². The van der Waals surface area contributed by atoms with E-state index in [1.165, 1.54) is 0 Å². The summed E-state index contributed by atoms with van der Waals surface area (Å²) in [6.07, 6.45) is 3.49. The molecule has 4 nitrogen and oxygen atoms in total. The molecule has 0 aliphatic rings. The number of carbonyl (C=O) groups excluding carboxylic acids is 1. The number of nitrogens with one attached hydrogen (secondary N) is 2. The number of hydrogen-bond donors (Lipinski definition) is 2. The standard InChI is InChI=1S/C15H17N3O/c19-15(18-11-13-4-2-1-3-5-13)12-17-10-14-6-8-16-9-7-14/h1-9,17H,10-12H2,(H,18,19). The molecular formula is C15H17N3O. The Labute approximate surface area is 112 Å². The van der Waals surface area contributed by atoms with E-state index in [2.05, 4.69) is 15.6 Å². The Balaban J connectivity index is 1.65. The van der Waals surface area contributed by atoms with Crippen LogP contribution in [0.15, 0.2) is 54.9 Å². The number of aromatic nitrogens is 1. The molecule has 0 fully saturated rings. The van der Waals surface area contributed by atoms with Gasteiger partial charge in [0.15, 0.2) is 0 Å². The highest BCUT2D eigenvalue weighted by Gasteiger charge is 2.00. The van der Waals surface area contributed by atoms with Crippen LogP contribution in [-0.2, 0) is 17.9 Å². The van der Waals surface area contributed by atoms with Crippen LogP contribution in [0.1, 0.15) is 11.1 Å². The molecule has 2 aromatic rings. The van der Waals surface area contributed by atoms with Crippen molar-refractivity contribution < 1.29 is 4.79 Å². The van der Waals surface area contributed by atoms with Crippen LogP contribution in [0, 0.1) is 0 Å². The highest BCUT2D eigenvalue weighted by molar-refractivity contribution is 5.77. The topological polar surface area (TPSA) is 54.0 Å². The number of amides is 1. The van der Waals surface area contributed by atoms with Gasteiger partial charge in [-0.15, -0.1) is 0 Å². The first-order valence-corrected chi connectivity index (χ1v) is 6.25. The molecule has 0 bridgehead atoms. The van der Waals surface area contributed by atoms with Gasteiger partial charge >= 0.3 is 0 Å². The van der Waals surface area contributed by atoms with Crippen molar-refractivity contribution in [3.63, 3.8) is 0 Å². The normalized spacial score (nSPS) is 10.1. The molecule has 0 aliphatic carbocycles. The summed E-state index contributed by atoms with van der Waals surface area (Å²) in [6.45, 7) is 1.55. The third-order valence-corrected chi connectivity index (χ3v) is 2.70. The number of benzene rings is 1. The molecule has 0 atom stereocenters. The first-order valence-electron chi connectivity index (χ1n) is 6.25. The number of carbonyl (C=O) groups is 1. The number of rotatable bonds is 6. The Bertz CT molecular complexity index is 499. The minimum Gasteiger partial charge on any atom is -0.351 e. The lowest BCUT2D eigenvalue weighted by atomic mass is 10.2. The lowest BCUT2D eigenvalue weighted by Crippen LogP contribution is -2.33. The van der Waals surface area contributed by atoms with Gasteiger partial charge in [0.25, 0.3) is 0 Å². The summed E-state index contributed by atoms with van der Waals surface area (Å²) in [5, 5.41) is 5.97. The second-order valence-electron chi connectivity index (χ2n) is 4.22. The van der Waals surface area contributed by atoms with E-state index in [0.29, 0.717) is 19.6 Å². The molecule has 0 saturated heterocycles. The quantitative estimate of drug-likeness (QED) is 0.822. The van der Waals surface area contributed by atoms with Gasteiger partial charge in [-0.1, -0.05) is 30.3 Å². The van der Waals surface area contributed by atoms with E-state index < -0.39 is 0 Å². The maximum absolute atomic E-state index is 11.6. The maximum atomic E-state index is 11.6. The lowest BCUT2D eigenvalue weighted by Gasteiger charge is -2.06. The van der Waals surface area contributed by atoms with Crippen molar-refractivity contribution in [1.29, 1.82) is 0 Å². The molecule has 2 rings (SSSR count). The summed E-state index contributed by atoms with van der Waals surface area (Å²) in [7, 11) is 0. The Kier molecular flexibility index (Phi) is 5.07. The lowest BCUT2D eigenvalue weighted by molar-refractivity contribution is -0.120. The summed E-state index contributed by atoms with van der Waals surface area (Å²) < 4.78 is 0. The highest BCUT2D eigenvalue weighted by atomic mass is 16.1. The van der Waals surface area contributed by atoms with E-state index in [1.807, 2.05) is 42.5 Å². The molecule has 1 aromatic heterocycles. The fraction of sp³-hybridized carbons (Fsp3) is 0.200. The van der Waals surface area contributed by atoms with Crippen molar-refractivity contribution in [3.8, 4) is 0 Å². The molecule has 4 heteroatoms. The van der Waals surface area contributed by atoms with Crippen LogP contribution < -0.4 is 10.6 Å². The van der Waals surface area contributed by atoms with E-state index in [1.54, 1.807) is 12.4 Å². The molecule has 0 saturated carbocycles. The van der Waals surface area contributed by atoms with Crippen molar-refractivity contribution in [1.82, 2.24) is 15.6 Å². The van der Waals surface area contributed by atoms with E-state index >= 15 is 0 Å². The zero-order valence-corrected chi connectivity index (χ0v) is 10.7. The van der Waals surface area contributed by atoms with Crippen LogP contribution in [0.2, 0.25) is 0 Å². The number of nitrogens with zero attached hydrogens (tertiary/aromatic N) is 1. The second kappa shape index (κ2) is 7.28. The largest absolute Gasteiger partial charge is 0.351 e. The molecule has 1 amide bonds. The fourth-order valence-corrected chi connectivity index (χ4v) is 1.68. The van der Waals surface area contributed by atoms with E-state index in [-0.39, 0.29) is 5.91 Å². The van der Waals surface area contributed by atoms with E-state index in [4.69, 9.17) is 0 Å². The number of hydrogen-bond acceptors (Lipinski definition) is 3. The monoisotopic (exact) mass is 255 g/mol. The average Bonchev–Trinajstić information content (AvgIpc) is 2.47. The van der Waals surface area contributed by atoms with E-state index in [9.17, 15) is 4.79 Å². The summed E-state index contributed by atoms with van der Waals surface area (Å²) in [6, 6.07) is 13.7. The van der Waals surface area contributed by atoms with Crippen molar-refractivity contribution in [2.24, 2.45) is 0 Å². The van der Waals surface area contributed by atoms with Gasteiger partial charge in [0.1, 0.15) is 0 Å². The van der Waals surface area contributed by atoms with Crippen LogP contribution in [0.25, 0.3) is 0 Å². The van der Waals surface area contributed by atoms with Crippen LogP contribution in [-0.4, -0.2) is 17.4 Å². The van der Waals surface area contributed by atoms with Gasteiger partial charge in [-0.3, -0.25) is 9.78 Å². The molecule has 19 heavy (non-hydrogen) atoms. The predicted octanol–water partition coefficient (Wildman–Crippen LogP) is 1.49. The molecule has 0 aliphatic heterocycles. The van der Waals surface area contributed by atoms with Crippen molar-refractivity contribution in [2.45, 2.75) is 13.1 Å². The van der Waals surface area contributed by atoms with Gasteiger partial charge in [0.2, 0.25) is 5.91 Å². The van der Waals surface area contributed by atoms with Gasteiger partial charge < -0.3 is 10.6 Å². The van der Waals surface area contributed by atoms with Gasteiger partial charge in [0, 0.05) is 25.5 Å².